The van der Waals surface area contributed by atoms with Gasteiger partial charge in [0.1, 0.15) is 5.82 Å². The van der Waals surface area contributed by atoms with Crippen LogP contribution in [0.4, 0.5) is 10.1 Å². The zero-order valence-electron chi connectivity index (χ0n) is 9.78. The van der Waals surface area contributed by atoms with Crippen molar-refractivity contribution in [2.45, 2.75) is 38.8 Å². The van der Waals surface area contributed by atoms with E-state index in [9.17, 15) is 9.50 Å². The van der Waals surface area contributed by atoms with Gasteiger partial charge in [0, 0.05) is 23.8 Å². The Bertz CT molecular complexity index is 378. The smallest absolute Gasteiger partial charge is 0.123 e. The molecule has 0 aromatic heterocycles. The molecule has 0 spiro atoms. The minimum Gasteiger partial charge on any atom is -0.389 e. The van der Waals surface area contributed by atoms with E-state index in [-0.39, 0.29) is 5.82 Å². The molecule has 1 N–H and O–H groups in total. The lowest BCUT2D eigenvalue weighted by atomic mass is 10.1. The van der Waals surface area contributed by atoms with Gasteiger partial charge in [-0.25, -0.2) is 4.39 Å². The van der Waals surface area contributed by atoms with Gasteiger partial charge in [-0.1, -0.05) is 0 Å². The molecule has 0 saturated carbocycles. The molecule has 0 amide bonds. The number of anilines is 1. The first-order chi connectivity index (χ1) is 7.59. The normalized spacial score (nSPS) is 22.5. The predicted octanol–water partition coefficient (Wildman–Crippen LogP) is 2.87. The maximum absolute atomic E-state index is 13.2. The Labute approximate surface area is 95.7 Å². The van der Waals surface area contributed by atoms with Crippen LogP contribution in [0.5, 0.6) is 0 Å². The fourth-order valence-corrected chi connectivity index (χ4v) is 2.41. The fraction of sp³-hybridized carbons (Fsp3) is 0.538. The molecule has 88 valence electrons. The molecule has 1 aliphatic heterocycles. The van der Waals surface area contributed by atoms with Crippen molar-refractivity contribution in [1.82, 2.24) is 0 Å². The zero-order chi connectivity index (χ0) is 11.7. The van der Waals surface area contributed by atoms with Crippen LogP contribution in [0, 0.1) is 5.82 Å². The average Bonchev–Trinajstić information content (AvgIpc) is 2.64. The number of rotatable bonds is 2. The first-order valence-corrected chi connectivity index (χ1v) is 5.83. The Morgan fingerprint density at radius 1 is 1.50 bits per heavy atom. The molecule has 1 fully saturated rings. The molecule has 2 nitrogen and oxygen atoms in total. The van der Waals surface area contributed by atoms with Crippen molar-refractivity contribution in [2.24, 2.45) is 0 Å². The van der Waals surface area contributed by atoms with E-state index in [4.69, 9.17) is 0 Å². The van der Waals surface area contributed by atoms with Gasteiger partial charge in [-0.05, 0) is 44.9 Å². The van der Waals surface area contributed by atoms with Crippen molar-refractivity contribution in [3.8, 4) is 0 Å². The lowest BCUT2D eigenvalue weighted by Crippen LogP contribution is -2.27. The number of hydrogen-bond donors (Lipinski definition) is 1. The van der Waals surface area contributed by atoms with Crippen molar-refractivity contribution in [3.05, 3.63) is 29.6 Å². The van der Waals surface area contributed by atoms with Gasteiger partial charge in [0.05, 0.1) is 6.10 Å². The molecule has 0 aliphatic carbocycles. The van der Waals surface area contributed by atoms with Crippen molar-refractivity contribution >= 4 is 5.69 Å². The Morgan fingerprint density at radius 3 is 2.81 bits per heavy atom. The number of nitrogens with zero attached hydrogens (tertiary/aromatic N) is 1. The molecule has 2 unspecified atom stereocenters. The minimum atomic E-state index is -0.626. The first-order valence-electron chi connectivity index (χ1n) is 5.83. The summed E-state index contributed by atoms with van der Waals surface area (Å²) in [6, 6.07) is 5.15. The lowest BCUT2D eigenvalue weighted by molar-refractivity contribution is 0.199. The molecule has 0 bridgehead atoms. The topological polar surface area (TPSA) is 23.5 Å². The third kappa shape index (κ3) is 2.05. The van der Waals surface area contributed by atoms with Crippen LogP contribution in [-0.2, 0) is 0 Å². The molecule has 16 heavy (non-hydrogen) atoms. The predicted molar refractivity (Wildman–Crippen MR) is 63.1 cm³/mol. The number of benzene rings is 1. The highest BCUT2D eigenvalue weighted by Gasteiger charge is 2.23. The fourth-order valence-electron chi connectivity index (χ4n) is 2.41. The first kappa shape index (κ1) is 11.4. The summed E-state index contributed by atoms with van der Waals surface area (Å²) in [5.74, 6) is -0.286. The Balaban J connectivity index is 2.39. The summed E-state index contributed by atoms with van der Waals surface area (Å²) in [4.78, 5) is 2.25. The molecule has 1 aromatic carbocycles. The van der Waals surface area contributed by atoms with E-state index in [2.05, 4.69) is 11.8 Å². The zero-order valence-corrected chi connectivity index (χ0v) is 9.78. The third-order valence-corrected chi connectivity index (χ3v) is 3.30. The molecular weight excluding hydrogens is 205 g/mol. The van der Waals surface area contributed by atoms with Crippen LogP contribution in [0.15, 0.2) is 18.2 Å². The largest absolute Gasteiger partial charge is 0.389 e. The van der Waals surface area contributed by atoms with E-state index in [0.29, 0.717) is 11.6 Å². The van der Waals surface area contributed by atoms with Crippen LogP contribution in [0.1, 0.15) is 38.4 Å². The van der Waals surface area contributed by atoms with Gasteiger partial charge < -0.3 is 10.0 Å². The highest BCUT2D eigenvalue weighted by Crippen LogP contribution is 2.32. The van der Waals surface area contributed by atoms with E-state index < -0.39 is 6.10 Å². The molecule has 1 aromatic rings. The lowest BCUT2D eigenvalue weighted by Gasteiger charge is -2.27. The number of aliphatic hydroxyl groups is 1. The summed E-state index contributed by atoms with van der Waals surface area (Å²) in [6.45, 7) is 4.84. The van der Waals surface area contributed by atoms with Gasteiger partial charge in [-0.3, -0.25) is 0 Å². The van der Waals surface area contributed by atoms with Crippen LogP contribution >= 0.6 is 0 Å². The summed E-state index contributed by atoms with van der Waals surface area (Å²) in [5.41, 5.74) is 1.66. The average molecular weight is 223 g/mol. The van der Waals surface area contributed by atoms with E-state index in [0.717, 1.165) is 25.1 Å². The summed E-state index contributed by atoms with van der Waals surface area (Å²) in [6.07, 6.45) is 1.70. The van der Waals surface area contributed by atoms with Crippen molar-refractivity contribution in [3.63, 3.8) is 0 Å². The van der Waals surface area contributed by atoms with E-state index >= 15 is 0 Å². The quantitative estimate of drug-likeness (QED) is 0.833. The van der Waals surface area contributed by atoms with Gasteiger partial charge in [-0.15, -0.1) is 0 Å². The monoisotopic (exact) mass is 223 g/mol. The molecular formula is C13H18FNO. The minimum absolute atomic E-state index is 0.286. The van der Waals surface area contributed by atoms with Gasteiger partial charge in [0.25, 0.3) is 0 Å². The molecule has 0 radical (unpaired) electrons. The number of hydrogen-bond acceptors (Lipinski definition) is 2. The molecule has 1 saturated heterocycles. The summed E-state index contributed by atoms with van der Waals surface area (Å²) >= 11 is 0. The molecule has 3 heteroatoms. The summed E-state index contributed by atoms with van der Waals surface area (Å²) < 4.78 is 13.2. The standard InChI is InChI=1S/C13H18FNO/c1-9-4-3-7-15(9)13-6-5-11(14)8-12(13)10(2)16/h5-6,8-10,16H,3-4,7H2,1-2H3. The summed E-state index contributed by atoms with van der Waals surface area (Å²) in [5, 5.41) is 9.68. The molecule has 2 rings (SSSR count). The van der Waals surface area contributed by atoms with Crippen LogP contribution in [0.2, 0.25) is 0 Å². The van der Waals surface area contributed by atoms with Crippen molar-refractivity contribution in [2.75, 3.05) is 11.4 Å². The van der Waals surface area contributed by atoms with E-state index in [1.54, 1.807) is 13.0 Å². The maximum Gasteiger partial charge on any atom is 0.123 e. The van der Waals surface area contributed by atoms with Gasteiger partial charge in [-0.2, -0.15) is 0 Å². The van der Waals surface area contributed by atoms with Crippen molar-refractivity contribution in [1.29, 1.82) is 0 Å². The Hall–Kier alpha value is -1.09. The van der Waals surface area contributed by atoms with Crippen LogP contribution in [0.3, 0.4) is 0 Å². The number of aliphatic hydroxyl groups excluding tert-OH is 1. The van der Waals surface area contributed by atoms with Gasteiger partial charge in [0.2, 0.25) is 0 Å². The maximum atomic E-state index is 13.2. The van der Waals surface area contributed by atoms with Crippen molar-refractivity contribution < 1.29 is 9.50 Å². The second kappa shape index (κ2) is 4.42. The molecule has 2 atom stereocenters. The molecule has 1 heterocycles. The Morgan fingerprint density at radius 2 is 2.25 bits per heavy atom. The van der Waals surface area contributed by atoms with Crippen LogP contribution < -0.4 is 4.90 Å². The van der Waals surface area contributed by atoms with Gasteiger partial charge >= 0.3 is 0 Å². The molecule has 1 aliphatic rings. The van der Waals surface area contributed by atoms with Crippen LogP contribution in [0.25, 0.3) is 0 Å². The van der Waals surface area contributed by atoms with E-state index in [1.165, 1.54) is 12.1 Å². The third-order valence-electron chi connectivity index (χ3n) is 3.30. The second-order valence-corrected chi connectivity index (χ2v) is 4.56. The SMILES string of the molecule is CC(O)c1cc(F)ccc1N1CCCC1C. The number of halogens is 1. The van der Waals surface area contributed by atoms with Gasteiger partial charge in [0.15, 0.2) is 0 Å². The summed E-state index contributed by atoms with van der Waals surface area (Å²) in [7, 11) is 0. The highest BCUT2D eigenvalue weighted by molar-refractivity contribution is 5.56. The van der Waals surface area contributed by atoms with E-state index in [1.807, 2.05) is 0 Å². The Kier molecular flexibility index (Phi) is 3.15. The van der Waals surface area contributed by atoms with Crippen LogP contribution in [-0.4, -0.2) is 17.7 Å². The second-order valence-electron chi connectivity index (χ2n) is 4.56. The highest BCUT2D eigenvalue weighted by atomic mass is 19.1.